The Morgan fingerprint density at radius 3 is 2.48 bits per heavy atom. The molecule has 3 aliphatic heterocycles. The quantitative estimate of drug-likeness (QED) is 0.315. The summed E-state index contributed by atoms with van der Waals surface area (Å²) in [6.07, 6.45) is 4.22. The minimum absolute atomic E-state index is 0.00111. The van der Waals surface area contributed by atoms with E-state index in [9.17, 15) is 14.9 Å². The van der Waals surface area contributed by atoms with Crippen molar-refractivity contribution < 1.29 is 19.2 Å². The van der Waals surface area contributed by atoms with Gasteiger partial charge in [0, 0.05) is 70.3 Å². The third-order valence-electron chi connectivity index (χ3n) is 8.22. The summed E-state index contributed by atoms with van der Waals surface area (Å²) in [4.78, 5) is 44.6. The van der Waals surface area contributed by atoms with E-state index >= 15 is 0 Å². The summed E-state index contributed by atoms with van der Waals surface area (Å²) in [5, 5.41) is 12.0. The Balaban J connectivity index is 1.36. The number of likely N-dealkylation sites (tertiary alicyclic amines) is 1. The van der Waals surface area contributed by atoms with Gasteiger partial charge in [-0.1, -0.05) is 6.07 Å². The molecule has 3 atom stereocenters. The Bertz CT molecular complexity index is 1500. The summed E-state index contributed by atoms with van der Waals surface area (Å²) in [6, 6.07) is 5.16. The summed E-state index contributed by atoms with van der Waals surface area (Å²) >= 11 is 0. The Morgan fingerprint density at radius 1 is 1.12 bits per heavy atom. The van der Waals surface area contributed by atoms with Gasteiger partial charge in [0.2, 0.25) is 5.95 Å². The van der Waals surface area contributed by atoms with E-state index in [-0.39, 0.29) is 34.8 Å². The van der Waals surface area contributed by atoms with Gasteiger partial charge < -0.3 is 24.2 Å². The Kier molecular flexibility index (Phi) is 7.16. The van der Waals surface area contributed by atoms with Crippen molar-refractivity contribution in [2.45, 2.75) is 51.9 Å². The van der Waals surface area contributed by atoms with E-state index in [4.69, 9.17) is 19.4 Å². The van der Waals surface area contributed by atoms with Crippen molar-refractivity contribution in [3.63, 3.8) is 0 Å². The molecule has 13 heteroatoms. The molecule has 0 N–H and O–H groups in total. The minimum Gasteiger partial charge on any atom is -0.444 e. The second-order valence-electron chi connectivity index (χ2n) is 12.7. The van der Waals surface area contributed by atoms with E-state index in [0.29, 0.717) is 66.8 Å². The highest BCUT2D eigenvalue weighted by atomic mass is 16.6. The van der Waals surface area contributed by atoms with Crippen LogP contribution in [0.1, 0.15) is 46.3 Å². The summed E-state index contributed by atoms with van der Waals surface area (Å²) < 4.78 is 13.6. The van der Waals surface area contributed by atoms with Gasteiger partial charge in [0.05, 0.1) is 11.3 Å². The smallest absolute Gasteiger partial charge is 0.410 e. The minimum atomic E-state index is -0.536. The van der Waals surface area contributed by atoms with Crippen LogP contribution >= 0.6 is 0 Å². The van der Waals surface area contributed by atoms with Crippen LogP contribution in [0.2, 0.25) is 0 Å². The molecule has 1 aromatic carbocycles. The number of nitro groups is 1. The van der Waals surface area contributed by atoms with E-state index in [2.05, 4.69) is 9.88 Å². The van der Waals surface area contributed by atoms with Gasteiger partial charge in [0.25, 0.3) is 5.69 Å². The van der Waals surface area contributed by atoms with Crippen LogP contribution in [0.5, 0.6) is 0 Å². The Hall–Kier alpha value is -4.00. The van der Waals surface area contributed by atoms with E-state index in [0.717, 1.165) is 19.3 Å². The van der Waals surface area contributed by atoms with Crippen LogP contribution in [-0.2, 0) is 9.47 Å². The standard InChI is InChI=1S/C29H38N8O5/c1-29(2,3)42-28(38)35-15-19-13-34(14-20(19)16-35)27-31-24(18-9-10-21(33(4)5)22(12-18)37(39)40)25-26(32-27)36(17-30-25)23-8-6-7-11-41-23/h9-10,12,17,19-20,23H,6-8,11,13-16H2,1-5H3. The fourth-order valence-corrected chi connectivity index (χ4v) is 6.23. The maximum absolute atomic E-state index is 12.7. The number of imidazole rings is 1. The topological polar surface area (TPSA) is 132 Å². The number of nitro benzene ring substituents is 1. The molecule has 3 aromatic rings. The monoisotopic (exact) mass is 578 g/mol. The van der Waals surface area contributed by atoms with Crippen molar-refractivity contribution in [1.82, 2.24) is 24.4 Å². The van der Waals surface area contributed by atoms with E-state index in [1.54, 1.807) is 42.4 Å². The lowest BCUT2D eigenvalue weighted by molar-refractivity contribution is -0.384. The van der Waals surface area contributed by atoms with Crippen LogP contribution in [-0.4, -0.2) is 87.9 Å². The largest absolute Gasteiger partial charge is 0.444 e. The lowest BCUT2D eigenvalue weighted by Gasteiger charge is -2.26. The number of carbonyl (C=O) groups excluding carboxylic acids is 1. The van der Waals surface area contributed by atoms with Crippen LogP contribution in [0.15, 0.2) is 24.5 Å². The number of hydrogen-bond donors (Lipinski definition) is 0. The second-order valence-corrected chi connectivity index (χ2v) is 12.7. The van der Waals surface area contributed by atoms with E-state index in [1.165, 1.54) is 0 Å². The molecule has 3 fully saturated rings. The van der Waals surface area contributed by atoms with Gasteiger partial charge in [-0.3, -0.25) is 14.7 Å². The van der Waals surface area contributed by atoms with Gasteiger partial charge in [-0.25, -0.2) is 14.8 Å². The number of nitrogens with zero attached hydrogens (tertiary/aromatic N) is 8. The number of amides is 1. The molecule has 0 radical (unpaired) electrons. The van der Waals surface area contributed by atoms with Crippen molar-refractivity contribution >= 4 is 34.6 Å². The van der Waals surface area contributed by atoms with Crippen LogP contribution in [0.4, 0.5) is 22.1 Å². The fourth-order valence-electron chi connectivity index (χ4n) is 6.23. The lowest BCUT2D eigenvalue weighted by Crippen LogP contribution is -2.37. The van der Waals surface area contributed by atoms with E-state index < -0.39 is 5.60 Å². The van der Waals surface area contributed by atoms with Gasteiger partial charge in [0.15, 0.2) is 5.65 Å². The molecule has 3 saturated heterocycles. The maximum atomic E-state index is 12.7. The molecule has 224 valence electrons. The Labute approximate surface area is 244 Å². The van der Waals surface area contributed by atoms with Gasteiger partial charge in [-0.2, -0.15) is 4.98 Å². The first-order valence-electron chi connectivity index (χ1n) is 14.5. The fraction of sp³-hybridized carbons (Fsp3) is 0.586. The molecular weight excluding hydrogens is 540 g/mol. The predicted molar refractivity (Wildman–Crippen MR) is 158 cm³/mol. The average molecular weight is 579 g/mol. The second kappa shape index (κ2) is 10.7. The number of fused-ring (bicyclic) bond motifs is 2. The van der Waals surface area contributed by atoms with Gasteiger partial charge >= 0.3 is 6.09 Å². The highest BCUT2D eigenvalue weighted by Gasteiger charge is 2.43. The molecule has 3 aliphatic rings. The molecule has 5 heterocycles. The SMILES string of the molecule is CN(C)c1ccc(-c2nc(N3CC4CN(C(=O)OC(C)(C)C)CC4C3)nc3c2ncn3C2CCCCO2)cc1[N+](=O)[O-]. The molecule has 0 bridgehead atoms. The molecule has 0 spiro atoms. The maximum Gasteiger partial charge on any atom is 0.410 e. The molecular formula is C29H38N8O5. The van der Waals surface area contributed by atoms with Crippen LogP contribution in [0, 0.1) is 22.0 Å². The summed E-state index contributed by atoms with van der Waals surface area (Å²) in [6.45, 7) is 8.94. The number of aromatic nitrogens is 4. The molecule has 6 rings (SSSR count). The first kappa shape index (κ1) is 28.1. The van der Waals surface area contributed by atoms with Crippen molar-refractivity contribution in [2.24, 2.45) is 11.8 Å². The summed E-state index contributed by atoms with van der Waals surface area (Å²) in [5.74, 6) is 1.09. The van der Waals surface area contributed by atoms with Crippen molar-refractivity contribution in [1.29, 1.82) is 0 Å². The van der Waals surface area contributed by atoms with Crippen molar-refractivity contribution in [2.75, 3.05) is 56.7 Å². The molecule has 1 amide bonds. The summed E-state index contributed by atoms with van der Waals surface area (Å²) in [7, 11) is 3.56. The number of rotatable bonds is 5. The first-order valence-corrected chi connectivity index (χ1v) is 14.5. The molecule has 0 aliphatic carbocycles. The zero-order valence-electron chi connectivity index (χ0n) is 24.8. The molecule has 0 saturated carbocycles. The van der Waals surface area contributed by atoms with Crippen LogP contribution in [0.25, 0.3) is 22.4 Å². The van der Waals surface area contributed by atoms with Crippen molar-refractivity contribution in [3.05, 3.63) is 34.6 Å². The zero-order chi connectivity index (χ0) is 29.8. The molecule has 3 unspecified atom stereocenters. The number of anilines is 2. The number of benzene rings is 1. The first-order chi connectivity index (χ1) is 20.0. The average Bonchev–Trinajstić information content (AvgIpc) is 3.65. The van der Waals surface area contributed by atoms with Gasteiger partial charge in [-0.05, 0) is 46.1 Å². The normalized spacial score (nSPS) is 22.5. The number of hydrogen-bond acceptors (Lipinski definition) is 10. The number of ether oxygens (including phenoxy) is 2. The van der Waals surface area contributed by atoms with Gasteiger partial charge in [-0.15, -0.1) is 0 Å². The molecule has 42 heavy (non-hydrogen) atoms. The molecule has 13 nitrogen and oxygen atoms in total. The highest BCUT2D eigenvalue weighted by molar-refractivity contribution is 5.90. The van der Waals surface area contributed by atoms with Crippen LogP contribution < -0.4 is 9.80 Å². The van der Waals surface area contributed by atoms with Gasteiger partial charge in [0.1, 0.15) is 28.7 Å². The number of carbonyl (C=O) groups is 1. The van der Waals surface area contributed by atoms with Crippen LogP contribution in [0.3, 0.4) is 0 Å². The van der Waals surface area contributed by atoms with Crippen molar-refractivity contribution in [3.8, 4) is 11.3 Å². The van der Waals surface area contributed by atoms with E-state index in [1.807, 2.05) is 31.4 Å². The third-order valence-corrected chi connectivity index (χ3v) is 8.22. The predicted octanol–water partition coefficient (Wildman–Crippen LogP) is 4.47. The summed E-state index contributed by atoms with van der Waals surface area (Å²) in [5.41, 5.74) is 2.35. The zero-order valence-corrected chi connectivity index (χ0v) is 24.8. The lowest BCUT2D eigenvalue weighted by atomic mass is 10.0. The Morgan fingerprint density at radius 2 is 1.86 bits per heavy atom. The highest BCUT2D eigenvalue weighted by Crippen LogP contribution is 2.38. The third kappa shape index (κ3) is 5.33. The molecule has 2 aromatic heterocycles.